The summed E-state index contributed by atoms with van der Waals surface area (Å²) in [5.41, 5.74) is -0.277. The second kappa shape index (κ2) is 6.98. The zero-order valence-corrected chi connectivity index (χ0v) is 14.4. The van der Waals surface area contributed by atoms with Crippen LogP contribution in [0.5, 0.6) is 0 Å². The van der Waals surface area contributed by atoms with Crippen LogP contribution in [-0.4, -0.2) is 47.6 Å². The predicted molar refractivity (Wildman–Crippen MR) is 95.1 cm³/mol. The van der Waals surface area contributed by atoms with Gasteiger partial charge in [-0.25, -0.2) is 9.59 Å². The quantitative estimate of drug-likeness (QED) is 0.496. The number of rotatable bonds is 5. The molecule has 0 aromatic heterocycles. The first-order chi connectivity index (χ1) is 13.1. The monoisotopic (exact) mass is 366 g/mol. The van der Waals surface area contributed by atoms with E-state index >= 15 is 0 Å². The molecule has 1 N–H and O–H groups in total. The van der Waals surface area contributed by atoms with E-state index in [1.807, 2.05) is 0 Å². The van der Waals surface area contributed by atoms with E-state index in [1.54, 1.807) is 72.8 Å². The van der Waals surface area contributed by atoms with Crippen LogP contribution in [0.2, 0.25) is 0 Å². The van der Waals surface area contributed by atoms with Gasteiger partial charge in [-0.2, -0.15) is 0 Å². The molecule has 138 valence electrons. The van der Waals surface area contributed by atoms with Gasteiger partial charge in [-0.15, -0.1) is 0 Å². The first-order valence-corrected chi connectivity index (χ1v) is 8.62. The average molecular weight is 366 g/mol. The number of hydrogen-bond acceptors (Lipinski definition) is 6. The Hall–Kier alpha value is -2.96. The number of esters is 2. The molecule has 4 atom stereocenters. The van der Waals surface area contributed by atoms with E-state index in [1.165, 1.54) is 0 Å². The number of carbonyl (C=O) groups is 2. The molecule has 1 fully saturated rings. The molecule has 2 aromatic carbocycles. The highest BCUT2D eigenvalue weighted by Gasteiger charge is 2.65. The third kappa shape index (κ3) is 3.37. The summed E-state index contributed by atoms with van der Waals surface area (Å²) in [6.45, 7) is -0.129. The Kier molecular flexibility index (Phi) is 4.51. The molecular formula is C21H18O6. The van der Waals surface area contributed by atoms with Crippen LogP contribution < -0.4 is 0 Å². The van der Waals surface area contributed by atoms with Gasteiger partial charge in [0.1, 0.15) is 24.9 Å². The van der Waals surface area contributed by atoms with Gasteiger partial charge in [-0.05, 0) is 30.3 Å². The minimum Gasteiger partial charge on any atom is -0.459 e. The van der Waals surface area contributed by atoms with E-state index in [0.29, 0.717) is 11.1 Å². The third-order valence-electron chi connectivity index (χ3n) is 4.75. The van der Waals surface area contributed by atoms with Gasteiger partial charge in [-0.1, -0.05) is 42.5 Å². The van der Waals surface area contributed by atoms with Crippen LogP contribution in [0.25, 0.3) is 0 Å². The average Bonchev–Trinajstić information content (AvgIpc) is 3.45. The van der Waals surface area contributed by atoms with E-state index in [2.05, 4.69) is 0 Å². The van der Waals surface area contributed by atoms with Crippen molar-refractivity contribution in [1.29, 1.82) is 0 Å². The van der Waals surface area contributed by atoms with Crippen molar-refractivity contribution in [2.45, 2.75) is 23.9 Å². The molecule has 6 heteroatoms. The van der Waals surface area contributed by atoms with Crippen molar-refractivity contribution >= 4 is 11.9 Å². The summed E-state index contributed by atoms with van der Waals surface area (Å²) < 4.78 is 16.3. The van der Waals surface area contributed by atoms with Gasteiger partial charge in [0.15, 0.2) is 5.60 Å². The number of benzene rings is 2. The summed E-state index contributed by atoms with van der Waals surface area (Å²) in [4.78, 5) is 24.4. The lowest BCUT2D eigenvalue weighted by atomic mass is 9.89. The van der Waals surface area contributed by atoms with E-state index in [9.17, 15) is 14.7 Å². The lowest BCUT2D eigenvalue weighted by Crippen LogP contribution is -2.48. The number of ether oxygens (including phenoxy) is 3. The summed E-state index contributed by atoms with van der Waals surface area (Å²) >= 11 is 0. The van der Waals surface area contributed by atoms with Crippen molar-refractivity contribution in [1.82, 2.24) is 0 Å². The fraction of sp³-hybridized carbons (Fsp3) is 0.238. The summed E-state index contributed by atoms with van der Waals surface area (Å²) in [6.07, 6.45) is 0.922. The molecule has 2 aliphatic rings. The van der Waals surface area contributed by atoms with Gasteiger partial charge < -0.3 is 19.3 Å². The summed E-state index contributed by atoms with van der Waals surface area (Å²) in [5.74, 6) is -1.04. The van der Waals surface area contributed by atoms with Crippen molar-refractivity contribution in [3.8, 4) is 0 Å². The first kappa shape index (κ1) is 17.5. The Morgan fingerprint density at radius 1 is 0.926 bits per heavy atom. The Balaban J connectivity index is 1.41. The Labute approximate surface area is 156 Å². The van der Waals surface area contributed by atoms with Gasteiger partial charge in [-0.3, -0.25) is 0 Å². The number of aliphatic hydroxyl groups excluding tert-OH is 1. The molecule has 1 saturated heterocycles. The Morgan fingerprint density at radius 3 is 2.15 bits per heavy atom. The van der Waals surface area contributed by atoms with E-state index < -0.39 is 29.7 Å². The summed E-state index contributed by atoms with van der Waals surface area (Å²) in [6, 6.07) is 17.1. The molecule has 0 saturated carbocycles. The minimum absolute atomic E-state index is 0.129. The molecule has 2 aromatic rings. The lowest BCUT2D eigenvalue weighted by molar-refractivity contribution is -0.0486. The Bertz CT molecular complexity index is 863. The molecule has 0 amide bonds. The van der Waals surface area contributed by atoms with Gasteiger partial charge in [0, 0.05) is 0 Å². The topological polar surface area (TPSA) is 85.4 Å². The molecule has 0 radical (unpaired) electrons. The van der Waals surface area contributed by atoms with Crippen molar-refractivity contribution in [2.24, 2.45) is 0 Å². The molecule has 27 heavy (non-hydrogen) atoms. The second-order valence-corrected chi connectivity index (χ2v) is 6.50. The minimum atomic E-state index is -1.14. The molecule has 1 aliphatic heterocycles. The molecule has 6 nitrogen and oxygen atoms in total. The highest BCUT2D eigenvalue weighted by atomic mass is 16.7. The van der Waals surface area contributed by atoms with E-state index in [-0.39, 0.29) is 12.7 Å². The molecule has 0 unspecified atom stereocenters. The highest BCUT2D eigenvalue weighted by molar-refractivity contribution is 5.90. The first-order valence-electron chi connectivity index (χ1n) is 8.62. The molecule has 0 spiro atoms. The Morgan fingerprint density at radius 2 is 1.52 bits per heavy atom. The van der Waals surface area contributed by atoms with Crippen molar-refractivity contribution in [3.63, 3.8) is 0 Å². The highest BCUT2D eigenvalue weighted by Crippen LogP contribution is 2.46. The summed E-state index contributed by atoms with van der Waals surface area (Å²) in [7, 11) is 0. The van der Waals surface area contributed by atoms with E-state index in [4.69, 9.17) is 14.2 Å². The largest absolute Gasteiger partial charge is 0.459 e. The van der Waals surface area contributed by atoms with Crippen molar-refractivity contribution < 1.29 is 28.9 Å². The zero-order valence-electron chi connectivity index (χ0n) is 14.4. The van der Waals surface area contributed by atoms with Crippen LogP contribution in [-0.2, 0) is 14.2 Å². The van der Waals surface area contributed by atoms with Crippen molar-refractivity contribution in [3.05, 3.63) is 83.9 Å². The maximum atomic E-state index is 12.2. The van der Waals surface area contributed by atoms with Crippen LogP contribution in [0.15, 0.2) is 72.8 Å². The fourth-order valence-corrected chi connectivity index (χ4v) is 3.14. The van der Waals surface area contributed by atoms with E-state index in [0.717, 1.165) is 0 Å². The van der Waals surface area contributed by atoms with Crippen LogP contribution in [0.1, 0.15) is 20.7 Å². The van der Waals surface area contributed by atoms with Crippen LogP contribution >= 0.6 is 0 Å². The lowest BCUT2D eigenvalue weighted by Gasteiger charge is -2.28. The fourth-order valence-electron chi connectivity index (χ4n) is 3.14. The van der Waals surface area contributed by atoms with Crippen molar-refractivity contribution in [2.75, 3.05) is 6.61 Å². The number of fused-ring (bicyclic) bond motifs is 1. The maximum absolute atomic E-state index is 12.2. The van der Waals surface area contributed by atoms with Gasteiger partial charge >= 0.3 is 11.9 Å². The molecule has 1 aliphatic carbocycles. The van der Waals surface area contributed by atoms with Gasteiger partial charge in [0.2, 0.25) is 0 Å². The third-order valence-corrected chi connectivity index (χ3v) is 4.75. The SMILES string of the molecule is O=C(OC[C@]12O[C@@H]1C=C[C@H](OC(=O)c1ccccc1)[C@H]2O)c1ccccc1. The predicted octanol–water partition coefficient (Wildman–Crippen LogP) is 2.14. The molecule has 1 heterocycles. The number of carbonyl (C=O) groups excluding carboxylic acids is 2. The molecular weight excluding hydrogens is 348 g/mol. The number of aliphatic hydroxyl groups is 1. The second-order valence-electron chi connectivity index (χ2n) is 6.50. The standard InChI is InChI=1S/C21H18O6/c22-18-16(26-20(24)15-9-5-2-6-10-15)11-12-17-21(18,27-17)13-25-19(23)14-7-3-1-4-8-14/h1-12,16-18,22H,13H2/t16-,17+,18+,21-/m0/s1. The van der Waals surface area contributed by atoms with Crippen LogP contribution in [0.4, 0.5) is 0 Å². The smallest absolute Gasteiger partial charge is 0.338 e. The molecule has 4 rings (SSSR count). The maximum Gasteiger partial charge on any atom is 0.338 e. The normalized spacial score (nSPS) is 28.1. The van der Waals surface area contributed by atoms with Gasteiger partial charge in [0.25, 0.3) is 0 Å². The van der Waals surface area contributed by atoms with Crippen LogP contribution in [0.3, 0.4) is 0 Å². The number of epoxide rings is 1. The molecule has 0 bridgehead atoms. The van der Waals surface area contributed by atoms with Gasteiger partial charge in [0.05, 0.1) is 11.1 Å². The zero-order chi connectivity index (χ0) is 18.9. The van der Waals surface area contributed by atoms with Crippen LogP contribution in [0, 0.1) is 0 Å². The summed E-state index contributed by atoms with van der Waals surface area (Å²) in [5, 5.41) is 10.7. The number of hydrogen-bond donors (Lipinski definition) is 1.